The molecule has 35 heavy (non-hydrogen) atoms. The van der Waals surface area contributed by atoms with Crippen molar-refractivity contribution < 1.29 is 0 Å². The highest BCUT2D eigenvalue weighted by Gasteiger charge is 2.38. The number of rotatable bonds is 9. The number of halogens is 1. The molecule has 3 heteroatoms. The maximum absolute atomic E-state index is 3.72. The molecule has 2 saturated carbocycles. The minimum Gasteiger partial charge on any atom is -0.309 e. The summed E-state index contributed by atoms with van der Waals surface area (Å²) in [6.07, 6.45) is 2.49. The first-order valence-electron chi connectivity index (χ1n) is 12.6. The van der Waals surface area contributed by atoms with Crippen LogP contribution in [0, 0.1) is 0 Å². The summed E-state index contributed by atoms with van der Waals surface area (Å²) in [6, 6.07) is 41.0. The summed E-state index contributed by atoms with van der Waals surface area (Å²) in [5.74, 6) is 1.36. The lowest BCUT2D eigenvalue weighted by molar-refractivity contribution is 0.672. The predicted octanol–water partition coefficient (Wildman–Crippen LogP) is 7.07. The van der Waals surface area contributed by atoms with E-state index in [1.54, 1.807) is 0 Å². The summed E-state index contributed by atoms with van der Waals surface area (Å²) in [4.78, 5) is 0. The SMILES string of the molecule is Cl.c1ccc(C2CC2NCc2ccc(-c3ccc(CNC4CC4c4ccccc4)cc3)cc2)cc1. The van der Waals surface area contributed by atoms with Crippen molar-refractivity contribution in [2.75, 3.05) is 0 Å². The molecule has 0 radical (unpaired) electrons. The fourth-order valence-corrected chi connectivity index (χ4v) is 5.11. The van der Waals surface area contributed by atoms with E-state index in [0.717, 1.165) is 13.1 Å². The van der Waals surface area contributed by atoms with E-state index < -0.39 is 0 Å². The van der Waals surface area contributed by atoms with E-state index in [0.29, 0.717) is 23.9 Å². The summed E-state index contributed by atoms with van der Waals surface area (Å²) in [5, 5.41) is 7.45. The standard InChI is InChI=1S/C32H32N2.ClH/c1-3-7-27(8-4-1)29-19-31(29)33-21-23-11-15-25(16-12-23)26-17-13-24(14-18-26)22-34-32-20-30(32)28-9-5-2-6-10-28;/h1-18,29-34H,19-22H2;1H. The Bertz CT molecular complexity index is 1110. The minimum atomic E-state index is 0. The van der Waals surface area contributed by atoms with Gasteiger partial charge in [0.1, 0.15) is 0 Å². The van der Waals surface area contributed by atoms with Crippen LogP contribution in [0.25, 0.3) is 11.1 Å². The minimum absolute atomic E-state index is 0. The molecule has 0 bridgehead atoms. The molecule has 4 unspecified atom stereocenters. The molecule has 2 N–H and O–H groups in total. The van der Waals surface area contributed by atoms with Crippen LogP contribution in [0.4, 0.5) is 0 Å². The Balaban J connectivity index is 0.00000253. The van der Waals surface area contributed by atoms with Crippen LogP contribution >= 0.6 is 12.4 Å². The second-order valence-corrected chi connectivity index (χ2v) is 9.87. The molecule has 4 aromatic rings. The summed E-state index contributed by atoms with van der Waals surface area (Å²) in [7, 11) is 0. The summed E-state index contributed by atoms with van der Waals surface area (Å²) in [6.45, 7) is 1.87. The van der Waals surface area contributed by atoms with Crippen molar-refractivity contribution in [1.82, 2.24) is 10.6 Å². The maximum atomic E-state index is 3.72. The van der Waals surface area contributed by atoms with E-state index >= 15 is 0 Å². The molecule has 0 aliphatic heterocycles. The first-order valence-corrected chi connectivity index (χ1v) is 12.6. The first kappa shape index (κ1) is 23.8. The molecule has 0 heterocycles. The van der Waals surface area contributed by atoms with Crippen LogP contribution in [-0.4, -0.2) is 12.1 Å². The van der Waals surface area contributed by atoms with Gasteiger partial charge in [0.2, 0.25) is 0 Å². The lowest BCUT2D eigenvalue weighted by Crippen LogP contribution is -2.17. The van der Waals surface area contributed by atoms with Gasteiger partial charge in [0.15, 0.2) is 0 Å². The van der Waals surface area contributed by atoms with Gasteiger partial charge in [-0.25, -0.2) is 0 Å². The van der Waals surface area contributed by atoms with Crippen molar-refractivity contribution >= 4 is 12.4 Å². The van der Waals surface area contributed by atoms with E-state index in [4.69, 9.17) is 0 Å². The Morgan fingerprint density at radius 1 is 0.486 bits per heavy atom. The van der Waals surface area contributed by atoms with Gasteiger partial charge in [0, 0.05) is 37.0 Å². The topological polar surface area (TPSA) is 24.1 Å². The second kappa shape index (κ2) is 10.8. The van der Waals surface area contributed by atoms with E-state index in [1.807, 2.05) is 0 Å². The predicted molar refractivity (Wildman–Crippen MR) is 148 cm³/mol. The van der Waals surface area contributed by atoms with Gasteiger partial charge in [0.05, 0.1) is 0 Å². The Hall–Kier alpha value is -2.91. The first-order chi connectivity index (χ1) is 16.8. The summed E-state index contributed by atoms with van der Waals surface area (Å²) >= 11 is 0. The smallest absolute Gasteiger partial charge is 0.0208 e. The summed E-state index contributed by atoms with van der Waals surface area (Å²) < 4.78 is 0. The molecular formula is C32H33ClN2. The Morgan fingerprint density at radius 2 is 0.857 bits per heavy atom. The molecule has 0 saturated heterocycles. The van der Waals surface area contributed by atoms with Crippen molar-refractivity contribution in [2.24, 2.45) is 0 Å². The molecule has 4 atom stereocenters. The zero-order valence-electron chi connectivity index (χ0n) is 19.9. The highest BCUT2D eigenvalue weighted by Crippen LogP contribution is 2.41. The van der Waals surface area contributed by atoms with Crippen molar-refractivity contribution in [3.05, 3.63) is 131 Å². The quantitative estimate of drug-likeness (QED) is 0.268. The third-order valence-electron chi connectivity index (χ3n) is 7.41. The van der Waals surface area contributed by atoms with Gasteiger partial charge in [-0.05, 0) is 46.2 Å². The molecule has 6 rings (SSSR count). The van der Waals surface area contributed by atoms with E-state index in [-0.39, 0.29) is 12.4 Å². The van der Waals surface area contributed by atoms with Crippen LogP contribution in [0.2, 0.25) is 0 Å². The van der Waals surface area contributed by atoms with E-state index in [2.05, 4.69) is 120 Å². The number of hydrogen-bond acceptors (Lipinski definition) is 2. The van der Waals surface area contributed by atoms with Gasteiger partial charge in [-0.3, -0.25) is 0 Å². The fraction of sp³-hybridized carbons (Fsp3) is 0.250. The third-order valence-corrected chi connectivity index (χ3v) is 7.41. The average Bonchev–Trinajstić information content (AvgIpc) is 3.84. The zero-order valence-corrected chi connectivity index (χ0v) is 20.8. The van der Waals surface area contributed by atoms with Crippen molar-refractivity contribution in [3.63, 3.8) is 0 Å². The lowest BCUT2D eigenvalue weighted by atomic mass is 10.0. The van der Waals surface area contributed by atoms with E-state index in [1.165, 1.54) is 46.2 Å². The number of hydrogen-bond donors (Lipinski definition) is 2. The fourth-order valence-electron chi connectivity index (χ4n) is 5.11. The lowest BCUT2D eigenvalue weighted by Gasteiger charge is -2.08. The molecular weight excluding hydrogens is 448 g/mol. The Labute approximate surface area is 215 Å². The van der Waals surface area contributed by atoms with Crippen LogP contribution in [0.5, 0.6) is 0 Å². The normalized spacial score (nSPS) is 22.3. The van der Waals surface area contributed by atoms with Crippen LogP contribution in [0.3, 0.4) is 0 Å². The van der Waals surface area contributed by atoms with Gasteiger partial charge < -0.3 is 10.6 Å². The van der Waals surface area contributed by atoms with Gasteiger partial charge in [0.25, 0.3) is 0 Å². The average molecular weight is 481 g/mol. The van der Waals surface area contributed by atoms with Gasteiger partial charge >= 0.3 is 0 Å². The van der Waals surface area contributed by atoms with Crippen molar-refractivity contribution in [2.45, 2.75) is 49.9 Å². The molecule has 4 aromatic carbocycles. The van der Waals surface area contributed by atoms with Crippen LogP contribution < -0.4 is 10.6 Å². The Kier molecular flexibility index (Phi) is 7.34. The second-order valence-electron chi connectivity index (χ2n) is 9.87. The molecule has 0 aromatic heterocycles. The van der Waals surface area contributed by atoms with E-state index in [9.17, 15) is 0 Å². The van der Waals surface area contributed by atoms with Gasteiger partial charge in [-0.2, -0.15) is 0 Å². The maximum Gasteiger partial charge on any atom is 0.0208 e. The van der Waals surface area contributed by atoms with Crippen LogP contribution in [-0.2, 0) is 13.1 Å². The van der Waals surface area contributed by atoms with Crippen LogP contribution in [0.1, 0.15) is 46.9 Å². The monoisotopic (exact) mass is 480 g/mol. The molecule has 0 spiro atoms. The number of benzene rings is 4. The highest BCUT2D eigenvalue weighted by molar-refractivity contribution is 5.85. The largest absolute Gasteiger partial charge is 0.309 e. The van der Waals surface area contributed by atoms with Crippen molar-refractivity contribution in [3.8, 4) is 11.1 Å². The molecule has 178 valence electrons. The molecule has 2 fully saturated rings. The molecule has 0 amide bonds. The number of nitrogens with one attached hydrogen (secondary N) is 2. The zero-order chi connectivity index (χ0) is 22.7. The molecule has 2 nitrogen and oxygen atoms in total. The summed E-state index contributed by atoms with van der Waals surface area (Å²) in [5.41, 5.74) is 8.18. The van der Waals surface area contributed by atoms with Gasteiger partial charge in [-0.15, -0.1) is 12.4 Å². The van der Waals surface area contributed by atoms with Crippen molar-refractivity contribution in [1.29, 1.82) is 0 Å². The van der Waals surface area contributed by atoms with Gasteiger partial charge in [-0.1, -0.05) is 109 Å². The third kappa shape index (κ3) is 5.85. The highest BCUT2D eigenvalue weighted by atomic mass is 35.5. The molecule has 2 aliphatic rings. The van der Waals surface area contributed by atoms with Crippen LogP contribution in [0.15, 0.2) is 109 Å². The Morgan fingerprint density at radius 3 is 1.23 bits per heavy atom. The molecule has 2 aliphatic carbocycles.